The highest BCUT2D eigenvalue weighted by Crippen LogP contribution is 2.28. The van der Waals surface area contributed by atoms with Crippen molar-refractivity contribution in [1.29, 1.82) is 0 Å². The van der Waals surface area contributed by atoms with Crippen molar-refractivity contribution in [3.05, 3.63) is 22.9 Å². The van der Waals surface area contributed by atoms with E-state index in [1.54, 1.807) is 16.6 Å². The van der Waals surface area contributed by atoms with Gasteiger partial charge in [-0.2, -0.15) is 4.31 Å². The molecule has 7 heteroatoms. The van der Waals surface area contributed by atoms with Gasteiger partial charge in [-0.3, -0.25) is 4.98 Å². The van der Waals surface area contributed by atoms with E-state index in [1.165, 1.54) is 12.6 Å². The van der Waals surface area contributed by atoms with Gasteiger partial charge in [-0.25, -0.2) is 8.42 Å². The SMILES string of the molecule is O=S(=O)(c1cncc(Br)c1)N1CCCC(C2CCCN2)C1. The van der Waals surface area contributed by atoms with Gasteiger partial charge in [0.15, 0.2) is 0 Å². The van der Waals surface area contributed by atoms with Crippen LogP contribution in [0.15, 0.2) is 27.8 Å². The molecule has 0 aliphatic carbocycles. The van der Waals surface area contributed by atoms with Crippen molar-refractivity contribution in [2.24, 2.45) is 5.92 Å². The molecule has 3 heterocycles. The van der Waals surface area contributed by atoms with E-state index in [0.717, 1.165) is 25.8 Å². The van der Waals surface area contributed by atoms with Gasteiger partial charge < -0.3 is 5.32 Å². The smallest absolute Gasteiger partial charge is 0.244 e. The van der Waals surface area contributed by atoms with Crippen molar-refractivity contribution in [3.63, 3.8) is 0 Å². The van der Waals surface area contributed by atoms with Gasteiger partial charge in [0.25, 0.3) is 0 Å². The van der Waals surface area contributed by atoms with Crippen LogP contribution in [-0.4, -0.2) is 43.4 Å². The van der Waals surface area contributed by atoms with Crippen LogP contribution < -0.4 is 5.32 Å². The van der Waals surface area contributed by atoms with Crippen molar-refractivity contribution in [2.75, 3.05) is 19.6 Å². The second-order valence-corrected chi connectivity index (χ2v) is 8.66. The van der Waals surface area contributed by atoms with Gasteiger partial charge >= 0.3 is 0 Å². The Balaban J connectivity index is 1.78. The van der Waals surface area contributed by atoms with E-state index in [2.05, 4.69) is 26.2 Å². The molecule has 0 saturated carbocycles. The van der Waals surface area contributed by atoms with Crippen LogP contribution in [0.5, 0.6) is 0 Å². The van der Waals surface area contributed by atoms with Crippen molar-refractivity contribution in [3.8, 4) is 0 Å². The van der Waals surface area contributed by atoms with Crippen LogP contribution in [0.1, 0.15) is 25.7 Å². The molecule has 0 spiro atoms. The minimum absolute atomic E-state index is 0.275. The van der Waals surface area contributed by atoms with Gasteiger partial charge in [0, 0.05) is 36.0 Å². The number of hydrogen-bond donors (Lipinski definition) is 1. The summed E-state index contributed by atoms with van der Waals surface area (Å²) in [5.74, 6) is 0.427. The Bertz CT molecular complexity index is 602. The predicted molar refractivity (Wildman–Crippen MR) is 84.4 cm³/mol. The van der Waals surface area contributed by atoms with Crippen LogP contribution in [0.25, 0.3) is 0 Å². The fourth-order valence-electron chi connectivity index (χ4n) is 3.32. The summed E-state index contributed by atoms with van der Waals surface area (Å²) in [6.45, 7) is 2.29. The standard InChI is InChI=1S/C14H20BrN3O2S/c15-12-7-13(9-16-8-12)21(19,20)18-6-2-3-11(10-18)14-4-1-5-17-14/h7-9,11,14,17H,1-6,10H2. The molecule has 116 valence electrons. The largest absolute Gasteiger partial charge is 0.314 e. The predicted octanol–water partition coefficient (Wildman–Crippen LogP) is 2.00. The molecule has 0 radical (unpaired) electrons. The van der Waals surface area contributed by atoms with Gasteiger partial charge in [-0.1, -0.05) is 0 Å². The van der Waals surface area contributed by atoms with E-state index in [4.69, 9.17) is 0 Å². The van der Waals surface area contributed by atoms with E-state index in [0.29, 0.717) is 29.5 Å². The second kappa shape index (κ2) is 6.32. The summed E-state index contributed by atoms with van der Waals surface area (Å²) in [6, 6.07) is 2.10. The molecule has 2 aliphatic heterocycles. The van der Waals surface area contributed by atoms with Crippen LogP contribution in [0.4, 0.5) is 0 Å². The van der Waals surface area contributed by atoms with Crippen molar-refractivity contribution in [2.45, 2.75) is 36.6 Å². The van der Waals surface area contributed by atoms with E-state index in [1.807, 2.05) is 0 Å². The molecular weight excluding hydrogens is 354 g/mol. The number of rotatable bonds is 3. The molecule has 21 heavy (non-hydrogen) atoms. The lowest BCUT2D eigenvalue weighted by Crippen LogP contribution is -2.45. The number of halogens is 1. The first-order valence-electron chi connectivity index (χ1n) is 7.41. The number of nitrogens with zero attached hydrogens (tertiary/aromatic N) is 2. The van der Waals surface area contributed by atoms with Crippen LogP contribution in [0.3, 0.4) is 0 Å². The minimum atomic E-state index is -3.43. The lowest BCUT2D eigenvalue weighted by Gasteiger charge is -2.35. The first-order valence-corrected chi connectivity index (χ1v) is 9.65. The maximum Gasteiger partial charge on any atom is 0.244 e. The zero-order chi connectivity index (χ0) is 14.9. The molecule has 5 nitrogen and oxygen atoms in total. The maximum absolute atomic E-state index is 12.7. The van der Waals surface area contributed by atoms with Crippen LogP contribution in [0, 0.1) is 5.92 Å². The highest BCUT2D eigenvalue weighted by Gasteiger charge is 2.34. The Morgan fingerprint density at radius 2 is 2.14 bits per heavy atom. The summed E-state index contributed by atoms with van der Waals surface area (Å²) in [7, 11) is -3.43. The lowest BCUT2D eigenvalue weighted by atomic mass is 9.91. The summed E-state index contributed by atoms with van der Waals surface area (Å²) in [5, 5.41) is 3.51. The Hall–Kier alpha value is -0.500. The summed E-state index contributed by atoms with van der Waals surface area (Å²) in [5.41, 5.74) is 0. The number of sulfonamides is 1. The molecule has 0 bridgehead atoms. The zero-order valence-corrected chi connectivity index (χ0v) is 14.2. The summed E-state index contributed by atoms with van der Waals surface area (Å²) >= 11 is 3.29. The van der Waals surface area contributed by atoms with Crippen molar-refractivity contribution >= 4 is 26.0 Å². The van der Waals surface area contributed by atoms with E-state index < -0.39 is 10.0 Å². The van der Waals surface area contributed by atoms with Gasteiger partial charge in [0.2, 0.25) is 10.0 Å². The molecular formula is C14H20BrN3O2S. The molecule has 1 N–H and O–H groups in total. The van der Waals surface area contributed by atoms with Crippen LogP contribution in [-0.2, 0) is 10.0 Å². The average Bonchev–Trinajstić information content (AvgIpc) is 3.02. The fraction of sp³-hybridized carbons (Fsp3) is 0.643. The topological polar surface area (TPSA) is 62.3 Å². The van der Waals surface area contributed by atoms with Crippen molar-refractivity contribution < 1.29 is 8.42 Å². The lowest BCUT2D eigenvalue weighted by molar-refractivity contribution is 0.226. The van der Waals surface area contributed by atoms with Gasteiger partial charge in [-0.05, 0) is 60.1 Å². The Labute approximate surface area is 134 Å². The number of nitrogens with one attached hydrogen (secondary N) is 1. The van der Waals surface area contributed by atoms with Gasteiger partial charge in [0.1, 0.15) is 4.90 Å². The molecule has 0 aromatic carbocycles. The number of aromatic nitrogens is 1. The normalized spacial score (nSPS) is 27.9. The third-order valence-electron chi connectivity index (χ3n) is 4.41. The maximum atomic E-state index is 12.7. The molecule has 2 fully saturated rings. The highest BCUT2D eigenvalue weighted by molar-refractivity contribution is 9.10. The molecule has 0 amide bonds. The molecule has 1 aromatic heterocycles. The highest BCUT2D eigenvalue weighted by atomic mass is 79.9. The first-order chi connectivity index (χ1) is 10.1. The first kappa shape index (κ1) is 15.4. The van der Waals surface area contributed by atoms with Crippen LogP contribution >= 0.6 is 15.9 Å². The molecule has 1 aromatic rings. The Morgan fingerprint density at radius 1 is 1.29 bits per heavy atom. The second-order valence-electron chi connectivity index (χ2n) is 5.81. The van der Waals surface area contributed by atoms with E-state index in [9.17, 15) is 8.42 Å². The summed E-state index contributed by atoms with van der Waals surface area (Å²) in [6.07, 6.45) is 7.43. The third kappa shape index (κ3) is 3.31. The zero-order valence-electron chi connectivity index (χ0n) is 11.8. The molecule has 2 unspecified atom stereocenters. The van der Waals surface area contributed by atoms with Gasteiger partial charge in [-0.15, -0.1) is 0 Å². The molecule has 2 saturated heterocycles. The van der Waals surface area contributed by atoms with Crippen molar-refractivity contribution in [1.82, 2.24) is 14.6 Å². The summed E-state index contributed by atoms with van der Waals surface area (Å²) in [4.78, 5) is 4.25. The van der Waals surface area contributed by atoms with E-state index >= 15 is 0 Å². The quantitative estimate of drug-likeness (QED) is 0.879. The molecule has 2 aliphatic rings. The Morgan fingerprint density at radius 3 is 2.86 bits per heavy atom. The van der Waals surface area contributed by atoms with Crippen LogP contribution in [0.2, 0.25) is 0 Å². The average molecular weight is 374 g/mol. The number of pyridine rings is 1. The summed E-state index contributed by atoms with van der Waals surface area (Å²) < 4.78 is 27.8. The molecule has 3 rings (SSSR count). The Kier molecular flexibility index (Phi) is 4.63. The third-order valence-corrected chi connectivity index (χ3v) is 6.67. The van der Waals surface area contributed by atoms with Gasteiger partial charge in [0.05, 0.1) is 0 Å². The fourth-order valence-corrected chi connectivity index (χ4v) is 5.36. The number of hydrogen-bond acceptors (Lipinski definition) is 4. The van der Waals surface area contributed by atoms with E-state index in [-0.39, 0.29) is 4.90 Å². The molecule has 2 atom stereocenters. The minimum Gasteiger partial charge on any atom is -0.314 e. The number of piperidine rings is 1. The monoisotopic (exact) mass is 373 g/mol.